The minimum absolute atomic E-state index is 0.0591. The van der Waals surface area contributed by atoms with Crippen molar-refractivity contribution < 1.29 is 22.1 Å². The predicted octanol–water partition coefficient (Wildman–Crippen LogP) is 1.63. The van der Waals surface area contributed by atoms with Crippen molar-refractivity contribution in [1.82, 2.24) is 14.8 Å². The van der Waals surface area contributed by atoms with Crippen LogP contribution in [0.25, 0.3) is 11.3 Å². The Morgan fingerprint density at radius 1 is 1.32 bits per heavy atom. The fraction of sp³-hybridized carbons (Fsp3) is 0.375. The van der Waals surface area contributed by atoms with Gasteiger partial charge in [0.2, 0.25) is 10.0 Å². The van der Waals surface area contributed by atoms with Gasteiger partial charge in [-0.15, -0.1) is 0 Å². The van der Waals surface area contributed by atoms with E-state index in [4.69, 9.17) is 4.52 Å². The largest absolute Gasteiger partial charge is 0.355 e. The third-order valence-corrected chi connectivity index (χ3v) is 5.44. The standard InChI is InChI=1S/C16H18FN3O4S/c1-25(22,23)20-8-6-11(7-9-20)18-16(21)14-10-15(24-19-14)12-4-2-3-5-13(12)17/h2-5,10-11H,6-9H2,1H3,(H,18,21). The summed E-state index contributed by atoms with van der Waals surface area (Å²) in [6.07, 6.45) is 2.22. The van der Waals surface area contributed by atoms with Crippen molar-refractivity contribution in [2.24, 2.45) is 0 Å². The van der Waals surface area contributed by atoms with Gasteiger partial charge in [-0.05, 0) is 25.0 Å². The number of rotatable bonds is 4. The molecule has 2 heterocycles. The zero-order valence-electron chi connectivity index (χ0n) is 13.6. The van der Waals surface area contributed by atoms with Crippen LogP contribution in [-0.4, -0.2) is 49.2 Å². The zero-order valence-corrected chi connectivity index (χ0v) is 14.4. The van der Waals surface area contributed by atoms with Crippen molar-refractivity contribution in [2.75, 3.05) is 19.3 Å². The molecule has 1 aliphatic heterocycles. The summed E-state index contributed by atoms with van der Waals surface area (Å²) in [5, 5.41) is 6.50. The van der Waals surface area contributed by atoms with Gasteiger partial charge in [-0.2, -0.15) is 0 Å². The molecule has 0 aliphatic carbocycles. The summed E-state index contributed by atoms with van der Waals surface area (Å²) in [6.45, 7) is 0.728. The molecular formula is C16H18FN3O4S. The van der Waals surface area contributed by atoms with Crippen LogP contribution in [0.15, 0.2) is 34.9 Å². The summed E-state index contributed by atoms with van der Waals surface area (Å²) >= 11 is 0. The molecule has 1 N–H and O–H groups in total. The van der Waals surface area contributed by atoms with Gasteiger partial charge in [0.15, 0.2) is 11.5 Å². The maximum atomic E-state index is 13.7. The van der Waals surface area contributed by atoms with E-state index in [1.54, 1.807) is 18.2 Å². The molecule has 0 unspecified atom stereocenters. The Kier molecular flexibility index (Phi) is 4.87. The molecule has 1 aromatic carbocycles. The van der Waals surface area contributed by atoms with E-state index in [1.807, 2.05) is 0 Å². The molecule has 0 atom stereocenters. The summed E-state index contributed by atoms with van der Waals surface area (Å²) in [6, 6.07) is 7.31. The zero-order chi connectivity index (χ0) is 18.0. The minimum atomic E-state index is -3.20. The predicted molar refractivity (Wildman–Crippen MR) is 88.8 cm³/mol. The Hall–Kier alpha value is -2.26. The van der Waals surface area contributed by atoms with Crippen LogP contribution in [-0.2, 0) is 10.0 Å². The smallest absolute Gasteiger partial charge is 0.273 e. The van der Waals surface area contributed by atoms with Crippen LogP contribution in [0.1, 0.15) is 23.3 Å². The lowest BCUT2D eigenvalue weighted by Gasteiger charge is -2.30. The molecule has 25 heavy (non-hydrogen) atoms. The molecule has 1 fully saturated rings. The van der Waals surface area contributed by atoms with E-state index in [2.05, 4.69) is 10.5 Å². The fourth-order valence-electron chi connectivity index (χ4n) is 2.76. The van der Waals surface area contributed by atoms with Crippen LogP contribution in [0, 0.1) is 5.82 Å². The van der Waals surface area contributed by atoms with Gasteiger partial charge in [0.1, 0.15) is 5.82 Å². The lowest BCUT2D eigenvalue weighted by atomic mass is 10.1. The average Bonchev–Trinajstić information content (AvgIpc) is 3.05. The number of amides is 1. The molecule has 9 heteroatoms. The maximum Gasteiger partial charge on any atom is 0.273 e. The van der Waals surface area contributed by atoms with Crippen molar-refractivity contribution >= 4 is 15.9 Å². The number of nitrogens with one attached hydrogen (secondary N) is 1. The number of piperidine rings is 1. The number of carbonyl (C=O) groups excluding carboxylic acids is 1. The highest BCUT2D eigenvalue weighted by Gasteiger charge is 2.26. The highest BCUT2D eigenvalue weighted by atomic mass is 32.2. The molecule has 134 valence electrons. The molecule has 2 aromatic rings. The Morgan fingerprint density at radius 3 is 2.64 bits per heavy atom. The number of hydrogen-bond acceptors (Lipinski definition) is 5. The van der Waals surface area contributed by atoms with Gasteiger partial charge in [-0.25, -0.2) is 17.1 Å². The topological polar surface area (TPSA) is 92.5 Å². The number of sulfonamides is 1. The molecule has 0 radical (unpaired) electrons. The SMILES string of the molecule is CS(=O)(=O)N1CCC(NC(=O)c2cc(-c3ccccc3F)on2)CC1. The monoisotopic (exact) mass is 367 g/mol. The van der Waals surface area contributed by atoms with E-state index in [0.717, 1.165) is 0 Å². The lowest BCUT2D eigenvalue weighted by Crippen LogP contribution is -2.46. The number of benzene rings is 1. The summed E-state index contributed by atoms with van der Waals surface area (Å²) in [5.74, 6) is -0.710. The highest BCUT2D eigenvalue weighted by molar-refractivity contribution is 7.88. The fourth-order valence-corrected chi connectivity index (χ4v) is 3.64. The van der Waals surface area contributed by atoms with Crippen LogP contribution in [0.4, 0.5) is 4.39 Å². The number of aromatic nitrogens is 1. The molecular weight excluding hydrogens is 349 g/mol. The van der Waals surface area contributed by atoms with Crippen LogP contribution in [0.3, 0.4) is 0 Å². The molecule has 0 bridgehead atoms. The minimum Gasteiger partial charge on any atom is -0.355 e. The van der Waals surface area contributed by atoms with Crippen molar-refractivity contribution in [3.63, 3.8) is 0 Å². The molecule has 1 amide bonds. The third-order valence-electron chi connectivity index (χ3n) is 4.14. The van der Waals surface area contributed by atoms with E-state index in [9.17, 15) is 17.6 Å². The Balaban J connectivity index is 1.63. The van der Waals surface area contributed by atoms with Gasteiger partial charge in [-0.3, -0.25) is 4.79 Å². The van der Waals surface area contributed by atoms with Crippen molar-refractivity contribution in [2.45, 2.75) is 18.9 Å². The van der Waals surface area contributed by atoms with Gasteiger partial charge in [0.05, 0.1) is 11.8 Å². The molecule has 3 rings (SSSR count). The van der Waals surface area contributed by atoms with Gasteiger partial charge in [0, 0.05) is 25.2 Å². The lowest BCUT2D eigenvalue weighted by molar-refractivity contribution is 0.0915. The molecule has 1 saturated heterocycles. The van der Waals surface area contributed by atoms with Gasteiger partial charge in [0.25, 0.3) is 5.91 Å². The van der Waals surface area contributed by atoms with Crippen LogP contribution < -0.4 is 5.32 Å². The van der Waals surface area contributed by atoms with E-state index < -0.39 is 21.7 Å². The first-order valence-electron chi connectivity index (χ1n) is 7.82. The van der Waals surface area contributed by atoms with Gasteiger partial charge < -0.3 is 9.84 Å². The molecule has 0 spiro atoms. The van der Waals surface area contributed by atoms with Crippen molar-refractivity contribution in [3.8, 4) is 11.3 Å². The van der Waals surface area contributed by atoms with E-state index in [-0.39, 0.29) is 23.1 Å². The normalized spacial score (nSPS) is 16.7. The highest BCUT2D eigenvalue weighted by Crippen LogP contribution is 2.23. The Morgan fingerprint density at radius 2 is 2.00 bits per heavy atom. The van der Waals surface area contributed by atoms with Crippen molar-refractivity contribution in [1.29, 1.82) is 0 Å². The van der Waals surface area contributed by atoms with Gasteiger partial charge >= 0.3 is 0 Å². The second-order valence-corrected chi connectivity index (χ2v) is 7.95. The van der Waals surface area contributed by atoms with E-state index in [1.165, 1.54) is 22.7 Å². The number of nitrogens with zero attached hydrogens (tertiary/aromatic N) is 2. The number of hydrogen-bond donors (Lipinski definition) is 1. The van der Waals surface area contributed by atoms with Crippen LogP contribution in [0.5, 0.6) is 0 Å². The molecule has 1 aliphatic rings. The second kappa shape index (κ2) is 6.93. The first-order chi connectivity index (χ1) is 11.8. The van der Waals surface area contributed by atoms with Crippen LogP contribution >= 0.6 is 0 Å². The van der Waals surface area contributed by atoms with Gasteiger partial charge in [-0.1, -0.05) is 17.3 Å². The molecule has 7 nitrogen and oxygen atoms in total. The second-order valence-electron chi connectivity index (χ2n) is 5.97. The van der Waals surface area contributed by atoms with Crippen LogP contribution in [0.2, 0.25) is 0 Å². The third kappa shape index (κ3) is 4.05. The first-order valence-corrected chi connectivity index (χ1v) is 9.67. The summed E-state index contributed by atoms with van der Waals surface area (Å²) in [7, 11) is -3.20. The van der Waals surface area contributed by atoms with Crippen molar-refractivity contribution in [3.05, 3.63) is 41.8 Å². The summed E-state index contributed by atoms with van der Waals surface area (Å²) in [4.78, 5) is 12.3. The molecule has 1 aromatic heterocycles. The Labute approximate surface area is 144 Å². The number of halogens is 1. The average molecular weight is 367 g/mol. The maximum absolute atomic E-state index is 13.7. The first kappa shape index (κ1) is 17.6. The van der Waals surface area contributed by atoms with E-state index >= 15 is 0 Å². The Bertz CT molecular complexity index is 873. The molecule has 0 saturated carbocycles. The van der Waals surface area contributed by atoms with E-state index in [0.29, 0.717) is 25.9 Å². The summed E-state index contributed by atoms with van der Waals surface area (Å²) < 4.78 is 43.2. The summed E-state index contributed by atoms with van der Waals surface area (Å²) in [5.41, 5.74) is 0.291. The number of carbonyl (C=O) groups is 1. The quantitative estimate of drug-likeness (QED) is 0.887.